The van der Waals surface area contributed by atoms with Gasteiger partial charge in [0.2, 0.25) is 11.8 Å². The number of aromatic nitrogens is 1. The van der Waals surface area contributed by atoms with E-state index in [4.69, 9.17) is 0 Å². The summed E-state index contributed by atoms with van der Waals surface area (Å²) in [6, 6.07) is 12.2. The Kier molecular flexibility index (Phi) is 4.91. The summed E-state index contributed by atoms with van der Waals surface area (Å²) in [6.45, 7) is 2.43. The molecule has 0 spiro atoms. The summed E-state index contributed by atoms with van der Waals surface area (Å²) in [6.07, 6.45) is 5.99. The zero-order valence-electron chi connectivity index (χ0n) is 16.0. The predicted molar refractivity (Wildman–Crippen MR) is 105 cm³/mol. The maximum absolute atomic E-state index is 13.3. The van der Waals surface area contributed by atoms with Crippen molar-refractivity contribution < 1.29 is 9.59 Å². The van der Waals surface area contributed by atoms with E-state index >= 15 is 0 Å². The number of rotatable bonds is 3. The number of fused-ring (bicyclic) bond motifs is 1. The number of benzene rings is 1. The fraction of sp³-hybridized carbons (Fsp3) is 0.409. The fourth-order valence-corrected chi connectivity index (χ4v) is 4.27. The molecule has 1 fully saturated rings. The second kappa shape index (κ2) is 7.51. The summed E-state index contributed by atoms with van der Waals surface area (Å²) in [5.74, 6) is 0.387. The highest BCUT2D eigenvalue weighted by molar-refractivity contribution is 6.02. The minimum Gasteiger partial charge on any atom is -0.351 e. The second-order valence-electron chi connectivity index (χ2n) is 7.85. The first-order valence-electron chi connectivity index (χ1n) is 9.84. The van der Waals surface area contributed by atoms with Crippen molar-refractivity contribution in [2.75, 3.05) is 4.90 Å². The molecule has 1 saturated carbocycles. The number of carbonyl (C=O) groups is 2. The van der Waals surface area contributed by atoms with E-state index < -0.39 is 6.04 Å². The van der Waals surface area contributed by atoms with Gasteiger partial charge in [-0.25, -0.2) is 0 Å². The SMILES string of the molecule is CC1CCC(NC(=O)[C@@H]2c3cccn3CC(=O)N2c2cccc(C#N)c2)CC1. The molecular formula is C22H24N4O2. The molecule has 28 heavy (non-hydrogen) atoms. The second-order valence-corrected chi connectivity index (χ2v) is 7.85. The Morgan fingerprint density at radius 2 is 1.96 bits per heavy atom. The lowest BCUT2D eigenvalue weighted by Gasteiger charge is -2.37. The van der Waals surface area contributed by atoms with Gasteiger partial charge in [0.25, 0.3) is 0 Å². The van der Waals surface area contributed by atoms with Crippen LogP contribution in [-0.4, -0.2) is 22.4 Å². The van der Waals surface area contributed by atoms with Gasteiger partial charge in [-0.2, -0.15) is 5.26 Å². The maximum atomic E-state index is 13.3. The van der Waals surface area contributed by atoms with Crippen LogP contribution in [0, 0.1) is 17.2 Å². The molecule has 1 aliphatic carbocycles. The molecule has 6 heteroatoms. The summed E-state index contributed by atoms with van der Waals surface area (Å²) < 4.78 is 1.83. The smallest absolute Gasteiger partial charge is 0.249 e. The monoisotopic (exact) mass is 376 g/mol. The van der Waals surface area contributed by atoms with Crippen LogP contribution in [0.2, 0.25) is 0 Å². The first-order valence-corrected chi connectivity index (χ1v) is 9.84. The van der Waals surface area contributed by atoms with Crippen molar-refractivity contribution in [1.82, 2.24) is 9.88 Å². The molecule has 2 amide bonds. The molecule has 1 aromatic carbocycles. The Hall–Kier alpha value is -3.07. The van der Waals surface area contributed by atoms with Crippen molar-refractivity contribution in [1.29, 1.82) is 5.26 Å². The first-order chi connectivity index (χ1) is 13.6. The molecule has 0 radical (unpaired) electrons. The van der Waals surface area contributed by atoms with Crippen LogP contribution in [0.3, 0.4) is 0 Å². The maximum Gasteiger partial charge on any atom is 0.249 e. The molecule has 2 aliphatic rings. The standard InChI is InChI=1S/C22H24N4O2/c1-15-7-9-17(10-8-15)24-22(28)21-19-6-3-11-25(19)14-20(27)26(21)18-5-2-4-16(12-18)13-23/h2-6,11-12,15,17,21H,7-10,14H2,1H3,(H,24,28)/t15?,17?,21-/m0/s1. The molecule has 1 aromatic heterocycles. The minimum atomic E-state index is -0.732. The quantitative estimate of drug-likeness (QED) is 0.894. The largest absolute Gasteiger partial charge is 0.351 e. The van der Waals surface area contributed by atoms with E-state index in [0.717, 1.165) is 31.4 Å². The molecule has 1 N–H and O–H groups in total. The zero-order chi connectivity index (χ0) is 19.7. The number of nitrogens with one attached hydrogen (secondary N) is 1. The van der Waals surface area contributed by atoms with Crippen LogP contribution in [0.25, 0.3) is 0 Å². The zero-order valence-corrected chi connectivity index (χ0v) is 16.0. The van der Waals surface area contributed by atoms with Crippen LogP contribution in [0.15, 0.2) is 42.6 Å². The van der Waals surface area contributed by atoms with E-state index in [1.54, 1.807) is 24.3 Å². The van der Waals surface area contributed by atoms with Crippen molar-refractivity contribution in [3.63, 3.8) is 0 Å². The predicted octanol–water partition coefficient (Wildman–Crippen LogP) is 3.14. The van der Waals surface area contributed by atoms with Gasteiger partial charge in [-0.05, 0) is 61.9 Å². The summed E-state index contributed by atoms with van der Waals surface area (Å²) in [5, 5.41) is 12.4. The molecule has 0 unspecified atom stereocenters. The van der Waals surface area contributed by atoms with Gasteiger partial charge in [0, 0.05) is 17.9 Å². The normalized spacial score (nSPS) is 24.4. The van der Waals surface area contributed by atoms with Crippen molar-refractivity contribution >= 4 is 17.5 Å². The number of nitriles is 1. The number of anilines is 1. The van der Waals surface area contributed by atoms with Gasteiger partial charge >= 0.3 is 0 Å². The highest BCUT2D eigenvalue weighted by atomic mass is 16.2. The first kappa shape index (κ1) is 18.3. The average Bonchev–Trinajstić information content (AvgIpc) is 3.16. The van der Waals surface area contributed by atoms with Crippen molar-refractivity contribution in [2.45, 2.75) is 51.2 Å². The van der Waals surface area contributed by atoms with Gasteiger partial charge in [-0.1, -0.05) is 13.0 Å². The number of nitrogens with zero attached hydrogens (tertiary/aromatic N) is 3. The lowest BCUT2D eigenvalue weighted by molar-refractivity contribution is -0.128. The van der Waals surface area contributed by atoms with Crippen LogP contribution in [0.4, 0.5) is 5.69 Å². The fourth-order valence-electron chi connectivity index (χ4n) is 4.27. The van der Waals surface area contributed by atoms with E-state index in [2.05, 4.69) is 18.3 Å². The van der Waals surface area contributed by atoms with E-state index in [9.17, 15) is 14.9 Å². The molecule has 4 rings (SSSR count). The van der Waals surface area contributed by atoms with Gasteiger partial charge < -0.3 is 9.88 Å². The van der Waals surface area contributed by atoms with Crippen molar-refractivity contribution in [3.05, 3.63) is 53.9 Å². The topological polar surface area (TPSA) is 78.1 Å². The average molecular weight is 376 g/mol. The van der Waals surface area contributed by atoms with Gasteiger partial charge in [0.15, 0.2) is 6.04 Å². The third-order valence-electron chi connectivity index (χ3n) is 5.84. The molecule has 1 atom stereocenters. The molecule has 1 aliphatic heterocycles. The Bertz CT molecular complexity index is 934. The van der Waals surface area contributed by atoms with Gasteiger partial charge in [0.05, 0.1) is 17.3 Å². The Morgan fingerprint density at radius 1 is 1.18 bits per heavy atom. The molecule has 2 aromatic rings. The Morgan fingerprint density at radius 3 is 2.71 bits per heavy atom. The lowest BCUT2D eigenvalue weighted by Crippen LogP contribution is -2.51. The van der Waals surface area contributed by atoms with Gasteiger partial charge in [0.1, 0.15) is 6.54 Å². The molecular weight excluding hydrogens is 352 g/mol. The number of carbonyl (C=O) groups excluding carboxylic acids is 2. The summed E-state index contributed by atoms with van der Waals surface area (Å²) in [5.41, 5.74) is 1.84. The molecule has 144 valence electrons. The van der Waals surface area contributed by atoms with E-state index in [0.29, 0.717) is 17.2 Å². The highest BCUT2D eigenvalue weighted by Crippen LogP contribution is 2.33. The van der Waals surface area contributed by atoms with E-state index in [-0.39, 0.29) is 24.4 Å². The molecule has 0 saturated heterocycles. The third-order valence-corrected chi connectivity index (χ3v) is 5.84. The van der Waals surface area contributed by atoms with Crippen LogP contribution < -0.4 is 10.2 Å². The number of hydrogen-bond donors (Lipinski definition) is 1. The van der Waals surface area contributed by atoms with Crippen LogP contribution in [-0.2, 0) is 16.1 Å². The van der Waals surface area contributed by atoms with Gasteiger partial charge in [-0.15, -0.1) is 0 Å². The number of amides is 2. The van der Waals surface area contributed by atoms with Crippen molar-refractivity contribution in [3.8, 4) is 6.07 Å². The summed E-state index contributed by atoms with van der Waals surface area (Å²) >= 11 is 0. The summed E-state index contributed by atoms with van der Waals surface area (Å²) in [7, 11) is 0. The van der Waals surface area contributed by atoms with Crippen LogP contribution in [0.1, 0.15) is 49.9 Å². The Labute approximate surface area is 164 Å². The van der Waals surface area contributed by atoms with E-state index in [1.807, 2.05) is 22.9 Å². The minimum absolute atomic E-state index is 0.149. The van der Waals surface area contributed by atoms with Crippen LogP contribution in [0.5, 0.6) is 0 Å². The molecule has 0 bridgehead atoms. The number of hydrogen-bond acceptors (Lipinski definition) is 3. The molecule has 6 nitrogen and oxygen atoms in total. The lowest BCUT2D eigenvalue weighted by atomic mass is 9.87. The highest BCUT2D eigenvalue weighted by Gasteiger charge is 2.39. The molecule has 2 heterocycles. The van der Waals surface area contributed by atoms with Crippen LogP contribution >= 0.6 is 0 Å². The third kappa shape index (κ3) is 3.40. The van der Waals surface area contributed by atoms with Crippen molar-refractivity contribution in [2.24, 2.45) is 5.92 Å². The van der Waals surface area contributed by atoms with Gasteiger partial charge in [-0.3, -0.25) is 14.5 Å². The summed E-state index contributed by atoms with van der Waals surface area (Å²) in [4.78, 5) is 27.8. The Balaban J connectivity index is 1.67. The van der Waals surface area contributed by atoms with E-state index in [1.165, 1.54) is 4.90 Å².